The third-order valence-electron chi connectivity index (χ3n) is 4.44. The molecule has 4 aromatic rings. The lowest BCUT2D eigenvalue weighted by molar-refractivity contribution is -0.137. The Bertz CT molecular complexity index is 1380. The molecule has 146 valence electrons. The zero-order valence-electron chi connectivity index (χ0n) is 15.8. The standard InChI is InChI=1S/C21H17BrN4O3/c1-3-29-18(27)10-12(2)24-25-19-15-11-13(22)8-9-17(15)26-20(19)23-16-7-5-4-6-14(16)21(26)28/h4-11,23H,3H2,1-2H3/b12-10-,25-24?. The molecule has 0 aliphatic heterocycles. The summed E-state index contributed by atoms with van der Waals surface area (Å²) in [6, 6.07) is 12.9. The number of H-pyrrole nitrogens is 1. The average molecular weight is 453 g/mol. The SMILES string of the molecule is CCOC(=O)/C=C(/C)N=Nc1c2cc(Br)ccc2n2c(=O)c3ccccc3[nH]c12. The van der Waals surface area contributed by atoms with Crippen LogP contribution < -0.4 is 5.56 Å². The van der Waals surface area contributed by atoms with E-state index in [0.29, 0.717) is 27.9 Å². The summed E-state index contributed by atoms with van der Waals surface area (Å²) < 4.78 is 7.35. The van der Waals surface area contributed by atoms with Gasteiger partial charge in [-0.15, -0.1) is 5.11 Å². The van der Waals surface area contributed by atoms with Crippen LogP contribution in [-0.4, -0.2) is 22.0 Å². The summed E-state index contributed by atoms with van der Waals surface area (Å²) in [4.78, 5) is 28.1. The van der Waals surface area contributed by atoms with Gasteiger partial charge in [0.25, 0.3) is 5.56 Å². The van der Waals surface area contributed by atoms with Crippen molar-refractivity contribution in [2.45, 2.75) is 13.8 Å². The normalized spacial score (nSPS) is 12.4. The number of fused-ring (bicyclic) bond motifs is 4. The fourth-order valence-electron chi connectivity index (χ4n) is 3.21. The van der Waals surface area contributed by atoms with E-state index in [1.54, 1.807) is 24.3 Å². The molecule has 4 rings (SSSR count). The Kier molecular flexibility index (Phi) is 5.02. The number of hydrogen-bond donors (Lipinski definition) is 1. The molecule has 2 heterocycles. The summed E-state index contributed by atoms with van der Waals surface area (Å²) in [7, 11) is 0. The minimum Gasteiger partial charge on any atom is -0.463 e. The highest BCUT2D eigenvalue weighted by atomic mass is 79.9. The van der Waals surface area contributed by atoms with Crippen LogP contribution in [0.1, 0.15) is 13.8 Å². The zero-order valence-corrected chi connectivity index (χ0v) is 17.4. The number of rotatable bonds is 4. The smallest absolute Gasteiger partial charge is 0.332 e. The number of benzene rings is 2. The number of nitrogens with one attached hydrogen (secondary N) is 1. The van der Waals surface area contributed by atoms with E-state index in [1.807, 2.05) is 36.4 Å². The van der Waals surface area contributed by atoms with Crippen molar-refractivity contribution >= 4 is 55.0 Å². The van der Waals surface area contributed by atoms with Crippen molar-refractivity contribution in [3.05, 3.63) is 69.1 Å². The second-order valence-electron chi connectivity index (χ2n) is 6.41. The monoisotopic (exact) mass is 452 g/mol. The third-order valence-corrected chi connectivity index (χ3v) is 4.93. The first-order chi connectivity index (χ1) is 14.0. The molecular formula is C21H17BrN4O3. The molecule has 0 saturated heterocycles. The fraction of sp³-hybridized carbons (Fsp3) is 0.143. The molecule has 29 heavy (non-hydrogen) atoms. The van der Waals surface area contributed by atoms with Crippen molar-refractivity contribution in [1.82, 2.24) is 9.38 Å². The van der Waals surface area contributed by atoms with Crippen LogP contribution in [0.5, 0.6) is 0 Å². The summed E-state index contributed by atoms with van der Waals surface area (Å²) in [6.07, 6.45) is 1.28. The summed E-state index contributed by atoms with van der Waals surface area (Å²) in [6.45, 7) is 3.69. The van der Waals surface area contributed by atoms with Gasteiger partial charge in [0.05, 0.1) is 28.7 Å². The average Bonchev–Trinajstić information content (AvgIpc) is 2.99. The topological polar surface area (TPSA) is 88.3 Å². The molecule has 8 heteroatoms. The maximum Gasteiger partial charge on any atom is 0.332 e. The molecule has 0 aliphatic carbocycles. The number of ether oxygens (including phenoxy) is 1. The molecule has 0 aliphatic rings. The van der Waals surface area contributed by atoms with E-state index in [9.17, 15) is 9.59 Å². The van der Waals surface area contributed by atoms with Crippen LogP contribution in [0, 0.1) is 0 Å². The van der Waals surface area contributed by atoms with Gasteiger partial charge in [0, 0.05) is 15.9 Å². The Balaban J connectivity index is 1.99. The Morgan fingerprint density at radius 2 is 2.03 bits per heavy atom. The molecule has 1 N–H and O–H groups in total. The van der Waals surface area contributed by atoms with Crippen LogP contribution in [0.4, 0.5) is 5.69 Å². The molecule has 0 spiro atoms. The van der Waals surface area contributed by atoms with Crippen molar-refractivity contribution in [3.63, 3.8) is 0 Å². The van der Waals surface area contributed by atoms with Gasteiger partial charge in [0.1, 0.15) is 11.3 Å². The second-order valence-corrected chi connectivity index (χ2v) is 7.32. The van der Waals surface area contributed by atoms with Crippen molar-refractivity contribution in [2.24, 2.45) is 10.2 Å². The van der Waals surface area contributed by atoms with E-state index in [2.05, 4.69) is 31.1 Å². The third kappa shape index (κ3) is 3.47. The Morgan fingerprint density at radius 1 is 1.24 bits per heavy atom. The van der Waals surface area contributed by atoms with E-state index < -0.39 is 5.97 Å². The first-order valence-corrected chi connectivity index (χ1v) is 9.80. The number of para-hydroxylation sites is 1. The number of allylic oxidation sites excluding steroid dienone is 1. The molecule has 2 aromatic heterocycles. The van der Waals surface area contributed by atoms with E-state index in [4.69, 9.17) is 4.74 Å². The number of halogens is 1. The molecule has 7 nitrogen and oxygen atoms in total. The highest BCUT2D eigenvalue weighted by Crippen LogP contribution is 2.35. The van der Waals surface area contributed by atoms with Crippen LogP contribution in [0.25, 0.3) is 27.5 Å². The molecule has 0 atom stereocenters. The van der Waals surface area contributed by atoms with E-state index in [0.717, 1.165) is 15.4 Å². The number of azo groups is 1. The number of carbonyl (C=O) groups is 1. The van der Waals surface area contributed by atoms with Crippen molar-refractivity contribution in [2.75, 3.05) is 6.61 Å². The Labute approximate surface area is 173 Å². The molecule has 0 bridgehead atoms. The fourth-order valence-corrected chi connectivity index (χ4v) is 3.57. The number of nitrogens with zero attached hydrogens (tertiary/aromatic N) is 3. The maximum absolute atomic E-state index is 13.1. The van der Waals surface area contributed by atoms with Gasteiger partial charge in [0.15, 0.2) is 0 Å². The van der Waals surface area contributed by atoms with Crippen molar-refractivity contribution in [1.29, 1.82) is 0 Å². The van der Waals surface area contributed by atoms with Gasteiger partial charge >= 0.3 is 5.97 Å². The summed E-state index contributed by atoms with van der Waals surface area (Å²) in [5.41, 5.74) is 2.74. The van der Waals surface area contributed by atoms with Crippen molar-refractivity contribution in [3.8, 4) is 0 Å². The lowest BCUT2D eigenvalue weighted by Gasteiger charge is -2.01. The van der Waals surface area contributed by atoms with Gasteiger partial charge in [-0.2, -0.15) is 5.11 Å². The van der Waals surface area contributed by atoms with Crippen LogP contribution in [-0.2, 0) is 9.53 Å². The van der Waals surface area contributed by atoms with E-state index in [-0.39, 0.29) is 12.2 Å². The molecule has 0 radical (unpaired) electrons. The number of carbonyl (C=O) groups excluding carboxylic acids is 1. The Morgan fingerprint density at radius 3 is 2.83 bits per heavy atom. The van der Waals surface area contributed by atoms with Gasteiger partial charge < -0.3 is 9.72 Å². The molecule has 0 amide bonds. The lowest BCUT2D eigenvalue weighted by atomic mass is 10.2. The summed E-state index contributed by atoms with van der Waals surface area (Å²) in [5.74, 6) is -0.474. The lowest BCUT2D eigenvalue weighted by Crippen LogP contribution is -2.13. The number of aromatic amines is 1. The molecule has 0 fully saturated rings. The van der Waals surface area contributed by atoms with Crippen LogP contribution in [0.3, 0.4) is 0 Å². The largest absolute Gasteiger partial charge is 0.463 e. The van der Waals surface area contributed by atoms with Crippen LogP contribution in [0.15, 0.2) is 73.7 Å². The van der Waals surface area contributed by atoms with Gasteiger partial charge in [-0.1, -0.05) is 28.1 Å². The molecular weight excluding hydrogens is 436 g/mol. The first-order valence-electron chi connectivity index (χ1n) is 9.01. The highest BCUT2D eigenvalue weighted by Gasteiger charge is 2.16. The highest BCUT2D eigenvalue weighted by molar-refractivity contribution is 9.10. The Hall–Kier alpha value is -3.26. The van der Waals surface area contributed by atoms with Gasteiger partial charge in [0.2, 0.25) is 0 Å². The van der Waals surface area contributed by atoms with Crippen LogP contribution in [0.2, 0.25) is 0 Å². The number of esters is 1. The molecule has 2 aromatic carbocycles. The number of hydrogen-bond acceptors (Lipinski definition) is 5. The predicted molar refractivity (Wildman–Crippen MR) is 116 cm³/mol. The predicted octanol–water partition coefficient (Wildman–Crippen LogP) is 5.25. The second kappa shape index (κ2) is 7.63. The number of aromatic nitrogens is 2. The van der Waals surface area contributed by atoms with Gasteiger partial charge in [-0.25, -0.2) is 4.79 Å². The summed E-state index contributed by atoms with van der Waals surface area (Å²) in [5, 5.41) is 9.87. The quantitative estimate of drug-likeness (QED) is 0.260. The first kappa shape index (κ1) is 19.1. The maximum atomic E-state index is 13.1. The van der Waals surface area contributed by atoms with Gasteiger partial charge in [-0.05, 0) is 44.2 Å². The van der Waals surface area contributed by atoms with E-state index in [1.165, 1.54) is 6.08 Å². The molecule has 0 unspecified atom stereocenters. The minimum atomic E-state index is -0.474. The van der Waals surface area contributed by atoms with E-state index >= 15 is 0 Å². The zero-order chi connectivity index (χ0) is 20.5. The summed E-state index contributed by atoms with van der Waals surface area (Å²) >= 11 is 3.47. The van der Waals surface area contributed by atoms with Crippen molar-refractivity contribution < 1.29 is 9.53 Å². The van der Waals surface area contributed by atoms with Crippen LogP contribution >= 0.6 is 15.9 Å². The molecule has 0 saturated carbocycles. The minimum absolute atomic E-state index is 0.137. The van der Waals surface area contributed by atoms with Gasteiger partial charge in [-0.3, -0.25) is 9.20 Å².